The molecule has 0 spiro atoms. The SMILES string of the molecule is Cc1cc(-c2ccn(C)n2)cn2ncc(C#N)c12. The molecule has 3 rings (SSSR count). The average Bonchev–Trinajstić information content (AvgIpc) is 2.95. The van der Waals surface area contributed by atoms with Gasteiger partial charge in [0, 0.05) is 25.0 Å². The van der Waals surface area contributed by atoms with E-state index >= 15 is 0 Å². The summed E-state index contributed by atoms with van der Waals surface area (Å²) in [5, 5.41) is 17.6. The maximum absolute atomic E-state index is 9.02. The van der Waals surface area contributed by atoms with Crippen LogP contribution in [0.25, 0.3) is 16.8 Å². The van der Waals surface area contributed by atoms with Crippen LogP contribution in [0.5, 0.6) is 0 Å². The van der Waals surface area contributed by atoms with Gasteiger partial charge in [-0.3, -0.25) is 4.68 Å². The highest BCUT2D eigenvalue weighted by atomic mass is 15.3. The lowest BCUT2D eigenvalue weighted by Gasteiger charge is -2.03. The van der Waals surface area contributed by atoms with Crippen LogP contribution in [-0.2, 0) is 7.05 Å². The number of pyridine rings is 1. The summed E-state index contributed by atoms with van der Waals surface area (Å²) in [5.74, 6) is 0. The van der Waals surface area contributed by atoms with E-state index in [1.165, 1.54) is 0 Å². The fourth-order valence-corrected chi connectivity index (χ4v) is 2.11. The maximum Gasteiger partial charge on any atom is 0.103 e. The Balaban J connectivity index is 2.26. The summed E-state index contributed by atoms with van der Waals surface area (Å²) >= 11 is 0. The lowest BCUT2D eigenvalue weighted by Crippen LogP contribution is -1.94. The Bertz CT molecular complexity index is 772. The van der Waals surface area contributed by atoms with E-state index in [9.17, 15) is 0 Å². The Morgan fingerprint density at radius 3 is 2.89 bits per heavy atom. The Morgan fingerprint density at radius 1 is 1.39 bits per heavy atom. The maximum atomic E-state index is 9.02. The second-order valence-electron chi connectivity index (χ2n) is 4.25. The molecule has 3 aromatic heterocycles. The highest BCUT2D eigenvalue weighted by Gasteiger charge is 2.10. The Kier molecular flexibility index (Phi) is 2.17. The van der Waals surface area contributed by atoms with Crippen LogP contribution in [0.1, 0.15) is 11.1 Å². The fraction of sp³-hybridized carbons (Fsp3) is 0.154. The molecule has 0 aliphatic heterocycles. The second-order valence-corrected chi connectivity index (χ2v) is 4.25. The fourth-order valence-electron chi connectivity index (χ4n) is 2.11. The molecule has 18 heavy (non-hydrogen) atoms. The van der Waals surface area contributed by atoms with Crippen molar-refractivity contribution in [2.24, 2.45) is 7.05 Å². The second kappa shape index (κ2) is 3.70. The zero-order valence-electron chi connectivity index (χ0n) is 10.1. The molecule has 88 valence electrons. The van der Waals surface area contributed by atoms with E-state index in [4.69, 9.17) is 5.26 Å². The highest BCUT2D eigenvalue weighted by Crippen LogP contribution is 2.22. The van der Waals surface area contributed by atoms with Gasteiger partial charge in [0.05, 0.1) is 23.0 Å². The van der Waals surface area contributed by atoms with Crippen molar-refractivity contribution in [1.29, 1.82) is 5.26 Å². The number of nitriles is 1. The van der Waals surface area contributed by atoms with Crippen LogP contribution in [0.3, 0.4) is 0 Å². The molecule has 0 fully saturated rings. The summed E-state index contributed by atoms with van der Waals surface area (Å²) in [6.07, 6.45) is 5.38. The molecule has 0 N–H and O–H groups in total. The molecule has 0 amide bonds. The number of fused-ring (bicyclic) bond motifs is 1. The minimum absolute atomic E-state index is 0.597. The van der Waals surface area contributed by atoms with Crippen LogP contribution >= 0.6 is 0 Å². The van der Waals surface area contributed by atoms with Gasteiger partial charge in [-0.05, 0) is 24.6 Å². The van der Waals surface area contributed by atoms with Gasteiger partial charge >= 0.3 is 0 Å². The standard InChI is InChI=1S/C13H11N5/c1-9-5-10(12-3-4-17(2)16-12)8-18-13(9)11(6-14)7-15-18/h3-5,7-8H,1-2H3. The van der Waals surface area contributed by atoms with Crippen molar-refractivity contribution in [3.8, 4) is 17.3 Å². The number of aryl methyl sites for hydroxylation is 2. The van der Waals surface area contributed by atoms with Gasteiger partial charge in [-0.2, -0.15) is 15.5 Å². The minimum Gasteiger partial charge on any atom is -0.275 e. The topological polar surface area (TPSA) is 58.9 Å². The molecule has 0 aromatic carbocycles. The van der Waals surface area contributed by atoms with Crippen molar-refractivity contribution in [2.75, 3.05) is 0 Å². The van der Waals surface area contributed by atoms with Gasteiger partial charge in [0.2, 0.25) is 0 Å². The van der Waals surface area contributed by atoms with E-state index < -0.39 is 0 Å². The molecular weight excluding hydrogens is 226 g/mol. The third-order valence-corrected chi connectivity index (χ3v) is 2.93. The van der Waals surface area contributed by atoms with E-state index in [0.29, 0.717) is 5.56 Å². The van der Waals surface area contributed by atoms with Gasteiger partial charge in [0.15, 0.2) is 0 Å². The van der Waals surface area contributed by atoms with Crippen LogP contribution in [-0.4, -0.2) is 19.4 Å². The average molecular weight is 237 g/mol. The first kappa shape index (κ1) is 10.5. The summed E-state index contributed by atoms with van der Waals surface area (Å²) < 4.78 is 3.50. The van der Waals surface area contributed by atoms with Crippen molar-refractivity contribution >= 4 is 5.52 Å². The van der Waals surface area contributed by atoms with Gasteiger partial charge in [0.25, 0.3) is 0 Å². The van der Waals surface area contributed by atoms with Gasteiger partial charge in [-0.1, -0.05) is 0 Å². The van der Waals surface area contributed by atoms with E-state index in [1.54, 1.807) is 15.4 Å². The predicted octanol–water partition coefficient (Wildman–Crippen LogP) is 1.91. The molecule has 3 heterocycles. The van der Waals surface area contributed by atoms with E-state index in [2.05, 4.69) is 16.3 Å². The van der Waals surface area contributed by atoms with Crippen molar-refractivity contribution in [3.05, 3.63) is 41.9 Å². The number of rotatable bonds is 1. The number of hydrogen-bond donors (Lipinski definition) is 0. The van der Waals surface area contributed by atoms with E-state index in [0.717, 1.165) is 22.3 Å². The predicted molar refractivity (Wildman–Crippen MR) is 66.8 cm³/mol. The van der Waals surface area contributed by atoms with Crippen molar-refractivity contribution in [1.82, 2.24) is 19.4 Å². The molecule has 0 unspecified atom stereocenters. The summed E-state index contributed by atoms with van der Waals surface area (Å²) in [6.45, 7) is 1.98. The molecule has 0 radical (unpaired) electrons. The number of nitrogens with zero attached hydrogens (tertiary/aromatic N) is 5. The van der Waals surface area contributed by atoms with Gasteiger partial charge in [0.1, 0.15) is 6.07 Å². The van der Waals surface area contributed by atoms with Gasteiger partial charge in [-0.25, -0.2) is 4.52 Å². The molecule has 0 saturated heterocycles. The van der Waals surface area contributed by atoms with Crippen molar-refractivity contribution < 1.29 is 0 Å². The molecule has 5 heteroatoms. The lowest BCUT2D eigenvalue weighted by molar-refractivity contribution is 0.770. The van der Waals surface area contributed by atoms with E-state index in [1.807, 2.05) is 38.5 Å². The van der Waals surface area contributed by atoms with Crippen LogP contribution in [0.15, 0.2) is 30.7 Å². The first-order chi connectivity index (χ1) is 8.69. The largest absolute Gasteiger partial charge is 0.275 e. The van der Waals surface area contributed by atoms with E-state index in [-0.39, 0.29) is 0 Å². The third-order valence-electron chi connectivity index (χ3n) is 2.93. The van der Waals surface area contributed by atoms with Crippen LogP contribution in [0.4, 0.5) is 0 Å². The van der Waals surface area contributed by atoms with Crippen LogP contribution in [0, 0.1) is 18.3 Å². The third kappa shape index (κ3) is 1.47. The number of aromatic nitrogens is 4. The summed E-state index contributed by atoms with van der Waals surface area (Å²) in [7, 11) is 1.89. The Hall–Kier alpha value is -2.61. The minimum atomic E-state index is 0.597. The first-order valence-electron chi connectivity index (χ1n) is 5.57. The smallest absolute Gasteiger partial charge is 0.103 e. The molecular formula is C13H11N5. The number of hydrogen-bond acceptors (Lipinski definition) is 3. The van der Waals surface area contributed by atoms with Crippen molar-refractivity contribution in [2.45, 2.75) is 6.92 Å². The summed E-state index contributed by atoms with van der Waals surface area (Å²) in [5.41, 5.74) is 4.37. The molecule has 0 atom stereocenters. The molecule has 0 bridgehead atoms. The van der Waals surface area contributed by atoms with Crippen LogP contribution < -0.4 is 0 Å². The molecule has 0 saturated carbocycles. The normalized spacial score (nSPS) is 10.7. The molecule has 3 aromatic rings. The van der Waals surface area contributed by atoms with Gasteiger partial charge < -0.3 is 0 Å². The lowest BCUT2D eigenvalue weighted by atomic mass is 10.1. The quantitative estimate of drug-likeness (QED) is 0.649. The zero-order valence-corrected chi connectivity index (χ0v) is 10.1. The molecule has 0 aliphatic carbocycles. The summed E-state index contributed by atoms with van der Waals surface area (Å²) in [6, 6.07) is 6.13. The van der Waals surface area contributed by atoms with Crippen LogP contribution in [0.2, 0.25) is 0 Å². The summed E-state index contributed by atoms with van der Waals surface area (Å²) in [4.78, 5) is 0. The Labute approximate surface area is 104 Å². The highest BCUT2D eigenvalue weighted by molar-refractivity contribution is 5.70. The monoisotopic (exact) mass is 237 g/mol. The first-order valence-corrected chi connectivity index (χ1v) is 5.57. The van der Waals surface area contributed by atoms with Crippen molar-refractivity contribution in [3.63, 3.8) is 0 Å². The Morgan fingerprint density at radius 2 is 2.22 bits per heavy atom. The van der Waals surface area contributed by atoms with Gasteiger partial charge in [-0.15, -0.1) is 0 Å². The molecule has 0 aliphatic rings. The zero-order chi connectivity index (χ0) is 12.7. The molecule has 5 nitrogen and oxygen atoms in total.